The normalized spacial score (nSPS) is 10.6. The van der Waals surface area contributed by atoms with Crippen LogP contribution in [0.4, 0.5) is 24.5 Å². The molecule has 19 heavy (non-hydrogen) atoms. The van der Waals surface area contributed by atoms with Gasteiger partial charge in [0.05, 0.1) is 12.3 Å². The van der Waals surface area contributed by atoms with Crippen molar-refractivity contribution in [3.8, 4) is 0 Å². The number of para-hydroxylation sites is 1. The van der Waals surface area contributed by atoms with Crippen molar-refractivity contribution in [2.75, 3.05) is 11.9 Å². The molecule has 2 aromatic rings. The standard InChI is InChI=1S/C14H12F3NO/c1-18(13-5-3-2-4-10(13)15)14-11(16)6-9(8-19)7-12(14)17/h2-7,19H,8H2,1H3. The third-order valence-corrected chi connectivity index (χ3v) is 2.81. The summed E-state index contributed by atoms with van der Waals surface area (Å²) in [6, 6.07) is 7.75. The van der Waals surface area contributed by atoms with Crippen LogP contribution in [0.25, 0.3) is 0 Å². The Balaban J connectivity index is 2.50. The first-order valence-electron chi connectivity index (χ1n) is 5.61. The second-order valence-corrected chi connectivity index (χ2v) is 4.08. The molecule has 0 aliphatic rings. The first-order valence-corrected chi connectivity index (χ1v) is 5.61. The van der Waals surface area contributed by atoms with Crippen LogP contribution in [-0.4, -0.2) is 12.2 Å². The maximum absolute atomic E-state index is 13.9. The van der Waals surface area contributed by atoms with E-state index in [-0.39, 0.29) is 16.9 Å². The van der Waals surface area contributed by atoms with Gasteiger partial charge in [0.25, 0.3) is 0 Å². The molecular formula is C14H12F3NO. The summed E-state index contributed by atoms with van der Waals surface area (Å²) in [6.45, 7) is -0.461. The Morgan fingerprint density at radius 1 is 1.00 bits per heavy atom. The molecule has 0 radical (unpaired) electrons. The molecule has 0 saturated heterocycles. The Morgan fingerprint density at radius 3 is 2.11 bits per heavy atom. The van der Waals surface area contributed by atoms with E-state index in [1.165, 1.54) is 25.2 Å². The van der Waals surface area contributed by atoms with E-state index in [9.17, 15) is 13.2 Å². The van der Waals surface area contributed by atoms with Gasteiger partial charge in [-0.15, -0.1) is 0 Å². The smallest absolute Gasteiger partial charge is 0.150 e. The van der Waals surface area contributed by atoms with Gasteiger partial charge in [-0.25, -0.2) is 13.2 Å². The zero-order valence-electron chi connectivity index (χ0n) is 10.2. The van der Waals surface area contributed by atoms with Crippen LogP contribution in [0.15, 0.2) is 36.4 Å². The molecule has 0 aliphatic carbocycles. The van der Waals surface area contributed by atoms with E-state index in [0.717, 1.165) is 17.0 Å². The molecule has 1 N–H and O–H groups in total. The molecule has 0 bridgehead atoms. The Bertz CT molecular complexity index is 578. The highest BCUT2D eigenvalue weighted by Gasteiger charge is 2.18. The Labute approximate surface area is 108 Å². The number of halogens is 3. The first-order chi connectivity index (χ1) is 9.04. The average molecular weight is 267 g/mol. The van der Waals surface area contributed by atoms with Gasteiger partial charge >= 0.3 is 0 Å². The number of hydrogen-bond acceptors (Lipinski definition) is 2. The van der Waals surface area contributed by atoms with Crippen molar-refractivity contribution in [3.63, 3.8) is 0 Å². The topological polar surface area (TPSA) is 23.5 Å². The highest BCUT2D eigenvalue weighted by atomic mass is 19.1. The van der Waals surface area contributed by atoms with Crippen LogP contribution in [0.2, 0.25) is 0 Å². The lowest BCUT2D eigenvalue weighted by Crippen LogP contribution is -2.15. The zero-order chi connectivity index (χ0) is 14.0. The molecule has 0 fully saturated rings. The second-order valence-electron chi connectivity index (χ2n) is 4.08. The van der Waals surface area contributed by atoms with Gasteiger partial charge in [-0.3, -0.25) is 0 Å². The first kappa shape index (κ1) is 13.4. The minimum Gasteiger partial charge on any atom is -0.392 e. The number of benzene rings is 2. The number of rotatable bonds is 3. The van der Waals surface area contributed by atoms with Crippen LogP contribution in [0.3, 0.4) is 0 Å². The predicted molar refractivity (Wildman–Crippen MR) is 66.7 cm³/mol. The molecule has 100 valence electrons. The van der Waals surface area contributed by atoms with Gasteiger partial charge in [0.15, 0.2) is 0 Å². The quantitative estimate of drug-likeness (QED) is 0.921. The van der Waals surface area contributed by atoms with Crippen LogP contribution in [0.1, 0.15) is 5.56 Å². The van der Waals surface area contributed by atoms with Crippen molar-refractivity contribution in [2.45, 2.75) is 6.61 Å². The van der Waals surface area contributed by atoms with E-state index < -0.39 is 24.1 Å². The molecule has 0 aromatic heterocycles. The third kappa shape index (κ3) is 2.56. The molecule has 0 heterocycles. The van der Waals surface area contributed by atoms with E-state index >= 15 is 0 Å². The molecule has 0 unspecified atom stereocenters. The van der Waals surface area contributed by atoms with Crippen LogP contribution in [-0.2, 0) is 6.61 Å². The summed E-state index contributed by atoms with van der Waals surface area (Å²) in [5, 5.41) is 8.87. The molecule has 2 nitrogen and oxygen atoms in total. The number of nitrogens with zero attached hydrogens (tertiary/aromatic N) is 1. The fraction of sp³-hybridized carbons (Fsp3) is 0.143. The lowest BCUT2D eigenvalue weighted by atomic mass is 10.1. The average Bonchev–Trinajstić information content (AvgIpc) is 2.38. The van der Waals surface area contributed by atoms with Gasteiger partial charge in [0.2, 0.25) is 0 Å². The zero-order valence-corrected chi connectivity index (χ0v) is 10.2. The van der Waals surface area contributed by atoms with Crippen molar-refractivity contribution in [2.24, 2.45) is 0 Å². The van der Waals surface area contributed by atoms with E-state index in [1.807, 2.05) is 0 Å². The molecule has 0 spiro atoms. The Kier molecular flexibility index (Phi) is 3.76. The van der Waals surface area contributed by atoms with Crippen LogP contribution >= 0.6 is 0 Å². The molecule has 0 saturated carbocycles. The summed E-state index contributed by atoms with van der Waals surface area (Å²) in [6.07, 6.45) is 0. The van der Waals surface area contributed by atoms with Gasteiger partial charge in [-0.05, 0) is 29.8 Å². The van der Waals surface area contributed by atoms with Crippen LogP contribution in [0.5, 0.6) is 0 Å². The van der Waals surface area contributed by atoms with Crippen molar-refractivity contribution < 1.29 is 18.3 Å². The SMILES string of the molecule is CN(c1ccccc1F)c1c(F)cc(CO)cc1F. The predicted octanol–water partition coefficient (Wildman–Crippen LogP) is 3.36. The van der Waals surface area contributed by atoms with Crippen molar-refractivity contribution >= 4 is 11.4 Å². The summed E-state index contributed by atoms with van der Waals surface area (Å²) >= 11 is 0. The summed E-state index contributed by atoms with van der Waals surface area (Å²) in [5.41, 5.74) is -0.167. The largest absolute Gasteiger partial charge is 0.392 e. The van der Waals surface area contributed by atoms with Crippen LogP contribution in [0, 0.1) is 17.5 Å². The second kappa shape index (κ2) is 5.32. The lowest BCUT2D eigenvalue weighted by Gasteiger charge is -2.21. The van der Waals surface area contributed by atoms with Gasteiger partial charge in [-0.2, -0.15) is 0 Å². The Hall–Kier alpha value is -2.01. The summed E-state index contributed by atoms with van der Waals surface area (Å²) in [7, 11) is 1.37. The van der Waals surface area contributed by atoms with Crippen molar-refractivity contribution in [3.05, 3.63) is 59.4 Å². The third-order valence-electron chi connectivity index (χ3n) is 2.81. The minimum absolute atomic E-state index is 0.0667. The van der Waals surface area contributed by atoms with Gasteiger partial charge in [-0.1, -0.05) is 12.1 Å². The number of anilines is 2. The maximum Gasteiger partial charge on any atom is 0.150 e. The van der Waals surface area contributed by atoms with Crippen molar-refractivity contribution in [1.82, 2.24) is 0 Å². The number of aliphatic hydroxyl groups is 1. The molecular weight excluding hydrogens is 255 g/mol. The van der Waals surface area contributed by atoms with Gasteiger partial charge < -0.3 is 10.0 Å². The molecule has 0 aliphatic heterocycles. The summed E-state index contributed by atoms with van der Waals surface area (Å²) < 4.78 is 41.3. The highest BCUT2D eigenvalue weighted by Crippen LogP contribution is 2.31. The monoisotopic (exact) mass is 267 g/mol. The van der Waals surface area contributed by atoms with Crippen LogP contribution < -0.4 is 4.90 Å². The molecule has 5 heteroatoms. The minimum atomic E-state index is -0.852. The van der Waals surface area contributed by atoms with Gasteiger partial charge in [0.1, 0.15) is 23.1 Å². The maximum atomic E-state index is 13.9. The summed E-state index contributed by atoms with van der Waals surface area (Å²) in [5.74, 6) is -2.28. The molecule has 2 rings (SSSR count). The molecule has 0 atom stereocenters. The van der Waals surface area contributed by atoms with E-state index in [4.69, 9.17) is 5.11 Å². The van der Waals surface area contributed by atoms with E-state index in [1.54, 1.807) is 6.07 Å². The Morgan fingerprint density at radius 2 is 1.58 bits per heavy atom. The summed E-state index contributed by atoms with van der Waals surface area (Å²) in [4.78, 5) is 1.10. The number of hydrogen-bond donors (Lipinski definition) is 1. The van der Waals surface area contributed by atoms with E-state index in [2.05, 4.69) is 0 Å². The fourth-order valence-electron chi connectivity index (χ4n) is 1.87. The fourth-order valence-corrected chi connectivity index (χ4v) is 1.87. The highest BCUT2D eigenvalue weighted by molar-refractivity contribution is 5.64. The van der Waals surface area contributed by atoms with Gasteiger partial charge in [0, 0.05) is 7.05 Å². The van der Waals surface area contributed by atoms with E-state index in [0.29, 0.717) is 0 Å². The van der Waals surface area contributed by atoms with Crippen molar-refractivity contribution in [1.29, 1.82) is 0 Å². The molecule has 2 aromatic carbocycles. The molecule has 0 amide bonds. The number of aliphatic hydroxyl groups excluding tert-OH is 1. The lowest BCUT2D eigenvalue weighted by molar-refractivity contribution is 0.280.